The molecule has 0 amide bonds. The van der Waals surface area contributed by atoms with E-state index < -0.39 is 0 Å². The molecular formula is C23H27N3O2. The minimum Gasteiger partial charge on any atom is -0.423 e. The third-order valence-electron chi connectivity index (χ3n) is 5.77. The molecule has 0 bridgehead atoms. The molecule has 2 aromatic heterocycles. The molecule has 3 aromatic rings. The third kappa shape index (κ3) is 4.32. The Balaban J connectivity index is 1.40. The van der Waals surface area contributed by atoms with Crippen molar-refractivity contribution < 1.29 is 4.42 Å². The average molecular weight is 377 g/mol. The first kappa shape index (κ1) is 18.8. The molecule has 1 saturated heterocycles. The fourth-order valence-corrected chi connectivity index (χ4v) is 3.86. The Hall–Kier alpha value is -2.50. The Morgan fingerprint density at radius 2 is 1.64 bits per heavy atom. The molecule has 0 atom stereocenters. The first-order valence-electron chi connectivity index (χ1n) is 9.96. The van der Waals surface area contributed by atoms with Gasteiger partial charge in [-0.25, -0.2) is 4.79 Å². The summed E-state index contributed by atoms with van der Waals surface area (Å²) in [5.74, 6) is 0. The van der Waals surface area contributed by atoms with Crippen LogP contribution in [0.25, 0.3) is 11.0 Å². The lowest BCUT2D eigenvalue weighted by Gasteiger charge is -2.34. The maximum Gasteiger partial charge on any atom is 0.336 e. The summed E-state index contributed by atoms with van der Waals surface area (Å²) < 4.78 is 5.43. The summed E-state index contributed by atoms with van der Waals surface area (Å²) in [6.45, 7) is 10.2. The van der Waals surface area contributed by atoms with E-state index in [1.165, 1.54) is 11.1 Å². The van der Waals surface area contributed by atoms with Gasteiger partial charge >= 0.3 is 5.63 Å². The number of aryl methyl sites for hydroxylation is 2. The quantitative estimate of drug-likeness (QED) is 0.639. The van der Waals surface area contributed by atoms with Gasteiger partial charge in [0, 0.05) is 63.1 Å². The first-order valence-corrected chi connectivity index (χ1v) is 9.96. The Morgan fingerprint density at radius 1 is 0.964 bits per heavy atom. The largest absolute Gasteiger partial charge is 0.423 e. The number of hydrogen-bond donors (Lipinski definition) is 0. The lowest BCUT2D eigenvalue weighted by atomic mass is 10.0. The molecule has 1 aromatic carbocycles. The minimum absolute atomic E-state index is 0.262. The van der Waals surface area contributed by atoms with Crippen LogP contribution in [-0.2, 0) is 13.0 Å². The van der Waals surface area contributed by atoms with Gasteiger partial charge in [-0.05, 0) is 66.8 Å². The maximum absolute atomic E-state index is 12.0. The van der Waals surface area contributed by atoms with Crippen LogP contribution in [0.3, 0.4) is 0 Å². The number of rotatable bonds is 5. The molecule has 1 fully saturated rings. The SMILES string of the molecule is Cc1cc2oc(=O)cc(CN3CCN(CCc4ccncc4)CC3)c2cc1C. The molecule has 3 heterocycles. The summed E-state index contributed by atoms with van der Waals surface area (Å²) >= 11 is 0. The Labute approximate surface area is 165 Å². The first-order chi connectivity index (χ1) is 13.6. The maximum atomic E-state index is 12.0. The number of nitrogens with zero attached hydrogens (tertiary/aromatic N) is 3. The number of piperazine rings is 1. The van der Waals surface area contributed by atoms with Crippen LogP contribution in [0.5, 0.6) is 0 Å². The lowest BCUT2D eigenvalue weighted by Crippen LogP contribution is -2.46. The average Bonchev–Trinajstić information content (AvgIpc) is 2.70. The second-order valence-electron chi connectivity index (χ2n) is 7.75. The predicted molar refractivity (Wildman–Crippen MR) is 112 cm³/mol. The van der Waals surface area contributed by atoms with Crippen LogP contribution in [0.4, 0.5) is 0 Å². The van der Waals surface area contributed by atoms with Crippen molar-refractivity contribution in [2.45, 2.75) is 26.8 Å². The van der Waals surface area contributed by atoms with Gasteiger partial charge < -0.3 is 9.32 Å². The van der Waals surface area contributed by atoms with Gasteiger partial charge in [-0.2, -0.15) is 0 Å². The monoisotopic (exact) mass is 377 g/mol. The van der Waals surface area contributed by atoms with E-state index in [1.54, 1.807) is 6.07 Å². The van der Waals surface area contributed by atoms with Gasteiger partial charge in [0.25, 0.3) is 0 Å². The number of hydrogen-bond acceptors (Lipinski definition) is 5. The molecule has 0 N–H and O–H groups in total. The van der Waals surface area contributed by atoms with Crippen LogP contribution < -0.4 is 5.63 Å². The predicted octanol–water partition coefficient (Wildman–Crippen LogP) is 3.17. The molecule has 4 rings (SSSR count). The highest BCUT2D eigenvalue weighted by Gasteiger charge is 2.18. The van der Waals surface area contributed by atoms with Crippen molar-refractivity contribution >= 4 is 11.0 Å². The molecule has 5 heteroatoms. The summed E-state index contributed by atoms with van der Waals surface area (Å²) in [4.78, 5) is 21.0. The highest BCUT2D eigenvalue weighted by atomic mass is 16.4. The van der Waals surface area contributed by atoms with Crippen molar-refractivity contribution in [3.05, 3.63) is 75.4 Å². The fraction of sp³-hybridized carbons (Fsp3) is 0.391. The zero-order chi connectivity index (χ0) is 19.5. The van der Waals surface area contributed by atoms with E-state index in [0.717, 1.165) is 62.2 Å². The van der Waals surface area contributed by atoms with Gasteiger partial charge in [-0.15, -0.1) is 0 Å². The highest BCUT2D eigenvalue weighted by Crippen LogP contribution is 2.23. The molecule has 1 aliphatic heterocycles. The van der Waals surface area contributed by atoms with E-state index in [0.29, 0.717) is 5.58 Å². The molecular weight excluding hydrogens is 350 g/mol. The number of fused-ring (bicyclic) bond motifs is 1. The van der Waals surface area contributed by atoms with Crippen LogP contribution in [0, 0.1) is 13.8 Å². The van der Waals surface area contributed by atoms with Gasteiger partial charge in [-0.1, -0.05) is 0 Å². The normalized spacial score (nSPS) is 15.9. The summed E-state index contributed by atoms with van der Waals surface area (Å²) in [6, 6.07) is 9.96. The molecule has 0 spiro atoms. The molecule has 0 radical (unpaired) electrons. The lowest BCUT2D eigenvalue weighted by molar-refractivity contribution is 0.128. The van der Waals surface area contributed by atoms with Crippen LogP contribution in [0.2, 0.25) is 0 Å². The highest BCUT2D eigenvalue weighted by molar-refractivity contribution is 5.81. The topological polar surface area (TPSA) is 49.6 Å². The third-order valence-corrected chi connectivity index (χ3v) is 5.77. The van der Waals surface area contributed by atoms with E-state index >= 15 is 0 Å². The van der Waals surface area contributed by atoms with Crippen LogP contribution >= 0.6 is 0 Å². The van der Waals surface area contributed by atoms with E-state index in [2.05, 4.69) is 39.9 Å². The number of benzene rings is 1. The van der Waals surface area contributed by atoms with Crippen molar-refractivity contribution in [1.82, 2.24) is 14.8 Å². The standard InChI is InChI=1S/C23H27N3O2/c1-17-13-21-20(15-23(27)28-22(21)14-18(17)2)16-26-11-9-25(10-12-26)8-5-19-3-6-24-7-4-19/h3-4,6-7,13-15H,5,8-12,16H2,1-2H3. The smallest absolute Gasteiger partial charge is 0.336 e. The van der Waals surface area contributed by atoms with Gasteiger partial charge in [-0.3, -0.25) is 9.88 Å². The van der Waals surface area contributed by atoms with E-state index in [4.69, 9.17) is 4.42 Å². The molecule has 146 valence electrons. The zero-order valence-corrected chi connectivity index (χ0v) is 16.6. The van der Waals surface area contributed by atoms with Crippen LogP contribution in [-0.4, -0.2) is 47.5 Å². The Bertz CT molecular complexity index is 1010. The summed E-state index contributed by atoms with van der Waals surface area (Å²) in [5, 5.41) is 1.06. The van der Waals surface area contributed by atoms with Crippen molar-refractivity contribution in [3.8, 4) is 0 Å². The van der Waals surface area contributed by atoms with Gasteiger partial charge in [0.1, 0.15) is 5.58 Å². The molecule has 1 aliphatic rings. The Kier molecular flexibility index (Phi) is 5.55. The molecule has 0 aliphatic carbocycles. The summed E-state index contributed by atoms with van der Waals surface area (Å²) in [5.41, 5.74) is 5.22. The molecule has 0 saturated carbocycles. The van der Waals surface area contributed by atoms with E-state index in [1.807, 2.05) is 25.4 Å². The summed E-state index contributed by atoms with van der Waals surface area (Å²) in [6.07, 6.45) is 4.78. The van der Waals surface area contributed by atoms with E-state index in [9.17, 15) is 4.79 Å². The Morgan fingerprint density at radius 3 is 2.39 bits per heavy atom. The van der Waals surface area contributed by atoms with Crippen LogP contribution in [0.1, 0.15) is 22.3 Å². The van der Waals surface area contributed by atoms with Crippen molar-refractivity contribution in [1.29, 1.82) is 0 Å². The van der Waals surface area contributed by atoms with Gasteiger partial charge in [0.2, 0.25) is 0 Å². The zero-order valence-electron chi connectivity index (χ0n) is 16.6. The van der Waals surface area contributed by atoms with Gasteiger partial charge in [0.05, 0.1) is 0 Å². The minimum atomic E-state index is -0.262. The second kappa shape index (κ2) is 8.25. The molecule has 0 unspecified atom stereocenters. The van der Waals surface area contributed by atoms with E-state index in [-0.39, 0.29) is 5.63 Å². The second-order valence-corrected chi connectivity index (χ2v) is 7.75. The molecule has 28 heavy (non-hydrogen) atoms. The van der Waals surface area contributed by atoms with Crippen molar-refractivity contribution in [2.24, 2.45) is 0 Å². The van der Waals surface area contributed by atoms with Crippen molar-refractivity contribution in [3.63, 3.8) is 0 Å². The van der Waals surface area contributed by atoms with Crippen molar-refractivity contribution in [2.75, 3.05) is 32.7 Å². The van der Waals surface area contributed by atoms with Gasteiger partial charge in [0.15, 0.2) is 0 Å². The number of pyridine rings is 1. The number of aromatic nitrogens is 1. The molecule has 5 nitrogen and oxygen atoms in total. The van der Waals surface area contributed by atoms with Crippen LogP contribution in [0.15, 0.2) is 51.9 Å². The summed E-state index contributed by atoms with van der Waals surface area (Å²) in [7, 11) is 0. The fourth-order valence-electron chi connectivity index (χ4n) is 3.86.